The molecule has 1 aromatic rings. The molecule has 1 aliphatic rings. The average molecular weight is 315 g/mol. The molecule has 1 saturated heterocycles. The van der Waals surface area contributed by atoms with Gasteiger partial charge in [-0.1, -0.05) is 43.1 Å². The quantitative estimate of drug-likeness (QED) is 0.867. The van der Waals surface area contributed by atoms with Crippen LogP contribution >= 0.6 is 23.2 Å². The summed E-state index contributed by atoms with van der Waals surface area (Å²) in [4.78, 5) is 2.52. The predicted molar refractivity (Wildman–Crippen MR) is 87.7 cm³/mol. The molecule has 0 amide bonds. The van der Waals surface area contributed by atoms with E-state index in [0.29, 0.717) is 12.0 Å². The molecular formula is C16H24Cl2N2. The Bertz CT molecular complexity index is 408. The van der Waals surface area contributed by atoms with E-state index in [1.165, 1.54) is 6.42 Å². The minimum absolute atomic E-state index is 0.334. The topological polar surface area (TPSA) is 15.3 Å². The molecule has 0 aliphatic carbocycles. The van der Waals surface area contributed by atoms with Crippen LogP contribution in [-0.4, -0.2) is 31.1 Å². The van der Waals surface area contributed by atoms with E-state index in [9.17, 15) is 0 Å². The zero-order valence-corrected chi connectivity index (χ0v) is 13.8. The van der Waals surface area contributed by atoms with Crippen LogP contribution in [0.4, 0.5) is 0 Å². The second kappa shape index (κ2) is 7.65. The number of rotatable bonds is 5. The van der Waals surface area contributed by atoms with Crippen LogP contribution in [-0.2, 0) is 0 Å². The van der Waals surface area contributed by atoms with Crippen molar-refractivity contribution in [1.29, 1.82) is 0 Å². The Morgan fingerprint density at radius 3 is 2.25 bits per heavy atom. The fourth-order valence-corrected chi connectivity index (χ4v) is 3.47. The van der Waals surface area contributed by atoms with E-state index in [-0.39, 0.29) is 0 Å². The number of hydrogen-bond donors (Lipinski definition) is 1. The zero-order valence-electron chi connectivity index (χ0n) is 12.3. The molecule has 0 radical (unpaired) electrons. The summed E-state index contributed by atoms with van der Waals surface area (Å²) in [6, 6.07) is 6.16. The summed E-state index contributed by atoms with van der Waals surface area (Å²) >= 11 is 12.9. The van der Waals surface area contributed by atoms with Gasteiger partial charge >= 0.3 is 0 Å². The first-order chi connectivity index (χ1) is 9.59. The van der Waals surface area contributed by atoms with Crippen molar-refractivity contribution in [2.45, 2.75) is 32.7 Å². The first kappa shape index (κ1) is 16.1. The SMILES string of the molecule is CC(C)CC[C@H](c1c(Cl)cccc1Cl)N1CCNCC1. The standard InChI is InChI=1S/C16H24Cl2N2/c1-12(2)6-7-15(20-10-8-19-9-11-20)16-13(17)4-3-5-14(16)18/h3-5,12,15,19H,6-11H2,1-2H3/t15-/m1/s1. The highest BCUT2D eigenvalue weighted by Crippen LogP contribution is 2.37. The largest absolute Gasteiger partial charge is 0.314 e. The van der Waals surface area contributed by atoms with Gasteiger partial charge in [-0.05, 0) is 30.9 Å². The van der Waals surface area contributed by atoms with Crippen molar-refractivity contribution in [3.63, 3.8) is 0 Å². The van der Waals surface area contributed by atoms with Crippen molar-refractivity contribution in [3.05, 3.63) is 33.8 Å². The Hall–Kier alpha value is -0.280. The molecular weight excluding hydrogens is 291 g/mol. The molecule has 1 atom stereocenters. The molecule has 2 nitrogen and oxygen atoms in total. The lowest BCUT2D eigenvalue weighted by Gasteiger charge is -2.36. The van der Waals surface area contributed by atoms with Gasteiger partial charge in [0.2, 0.25) is 0 Å². The summed E-state index contributed by atoms with van der Waals surface area (Å²) in [6.07, 6.45) is 2.30. The third-order valence-corrected chi connectivity index (χ3v) is 4.60. The van der Waals surface area contributed by atoms with Crippen LogP contribution in [0.3, 0.4) is 0 Å². The lowest BCUT2D eigenvalue weighted by atomic mass is 9.95. The van der Waals surface area contributed by atoms with Crippen LogP contribution < -0.4 is 5.32 Å². The summed E-state index contributed by atoms with van der Waals surface area (Å²) in [6.45, 7) is 8.74. The molecule has 1 aliphatic heterocycles. The van der Waals surface area contributed by atoms with Crippen LogP contribution in [0.25, 0.3) is 0 Å². The van der Waals surface area contributed by atoms with E-state index < -0.39 is 0 Å². The smallest absolute Gasteiger partial charge is 0.0468 e. The first-order valence-corrected chi connectivity index (χ1v) is 8.24. The van der Waals surface area contributed by atoms with E-state index in [1.807, 2.05) is 18.2 Å². The highest BCUT2D eigenvalue weighted by atomic mass is 35.5. The van der Waals surface area contributed by atoms with Gasteiger partial charge in [0, 0.05) is 47.8 Å². The minimum Gasteiger partial charge on any atom is -0.314 e. The Kier molecular flexibility index (Phi) is 6.16. The highest BCUT2D eigenvalue weighted by molar-refractivity contribution is 6.36. The first-order valence-electron chi connectivity index (χ1n) is 7.48. The van der Waals surface area contributed by atoms with E-state index >= 15 is 0 Å². The zero-order chi connectivity index (χ0) is 14.5. The number of halogens is 2. The van der Waals surface area contributed by atoms with Crippen molar-refractivity contribution in [2.75, 3.05) is 26.2 Å². The molecule has 1 N–H and O–H groups in total. The van der Waals surface area contributed by atoms with Crippen LogP contribution in [0.5, 0.6) is 0 Å². The van der Waals surface area contributed by atoms with Gasteiger partial charge in [-0.25, -0.2) is 0 Å². The van der Waals surface area contributed by atoms with E-state index in [4.69, 9.17) is 23.2 Å². The van der Waals surface area contributed by atoms with E-state index in [1.54, 1.807) is 0 Å². The molecule has 1 fully saturated rings. The van der Waals surface area contributed by atoms with Crippen molar-refractivity contribution < 1.29 is 0 Å². The van der Waals surface area contributed by atoms with Gasteiger partial charge in [-0.15, -0.1) is 0 Å². The molecule has 1 aromatic carbocycles. The van der Waals surface area contributed by atoms with Crippen molar-refractivity contribution in [1.82, 2.24) is 10.2 Å². The maximum Gasteiger partial charge on any atom is 0.0468 e. The molecule has 2 rings (SSSR count). The molecule has 0 bridgehead atoms. The van der Waals surface area contributed by atoms with Crippen LogP contribution in [0.2, 0.25) is 10.0 Å². The van der Waals surface area contributed by atoms with Crippen molar-refractivity contribution in [2.24, 2.45) is 5.92 Å². The number of nitrogens with one attached hydrogen (secondary N) is 1. The monoisotopic (exact) mass is 314 g/mol. The maximum atomic E-state index is 6.43. The Labute approximate surface area is 132 Å². The molecule has 0 aromatic heterocycles. The van der Waals surface area contributed by atoms with E-state index in [2.05, 4.69) is 24.1 Å². The fraction of sp³-hybridized carbons (Fsp3) is 0.625. The van der Waals surface area contributed by atoms with Crippen molar-refractivity contribution in [3.8, 4) is 0 Å². The lowest BCUT2D eigenvalue weighted by molar-refractivity contribution is 0.160. The van der Waals surface area contributed by atoms with Gasteiger partial charge in [0.05, 0.1) is 0 Å². The van der Waals surface area contributed by atoms with Gasteiger partial charge in [0.1, 0.15) is 0 Å². The highest BCUT2D eigenvalue weighted by Gasteiger charge is 2.25. The third kappa shape index (κ3) is 4.11. The summed E-state index contributed by atoms with van der Waals surface area (Å²) in [7, 11) is 0. The van der Waals surface area contributed by atoms with Gasteiger partial charge in [-0.3, -0.25) is 4.90 Å². The van der Waals surface area contributed by atoms with Gasteiger partial charge in [0.15, 0.2) is 0 Å². The van der Waals surface area contributed by atoms with Crippen LogP contribution in [0, 0.1) is 5.92 Å². The summed E-state index contributed by atoms with van der Waals surface area (Å²) < 4.78 is 0. The number of benzene rings is 1. The van der Waals surface area contributed by atoms with Crippen LogP contribution in [0.1, 0.15) is 38.3 Å². The number of piperazine rings is 1. The second-order valence-electron chi connectivity index (χ2n) is 5.91. The fourth-order valence-electron chi connectivity index (χ4n) is 2.82. The summed E-state index contributed by atoms with van der Waals surface area (Å²) in [5, 5.41) is 5.00. The summed E-state index contributed by atoms with van der Waals surface area (Å²) in [5.41, 5.74) is 1.11. The lowest BCUT2D eigenvalue weighted by Crippen LogP contribution is -2.45. The molecule has 0 unspecified atom stereocenters. The second-order valence-corrected chi connectivity index (χ2v) is 6.72. The predicted octanol–water partition coefficient (Wildman–Crippen LogP) is 4.38. The maximum absolute atomic E-state index is 6.43. The summed E-state index contributed by atoms with van der Waals surface area (Å²) in [5.74, 6) is 0.696. The average Bonchev–Trinajstić information content (AvgIpc) is 2.42. The van der Waals surface area contributed by atoms with Gasteiger partial charge in [0.25, 0.3) is 0 Å². The van der Waals surface area contributed by atoms with Gasteiger partial charge in [-0.2, -0.15) is 0 Å². The molecule has 4 heteroatoms. The molecule has 1 heterocycles. The molecule has 0 spiro atoms. The van der Waals surface area contributed by atoms with Crippen molar-refractivity contribution >= 4 is 23.2 Å². The molecule has 20 heavy (non-hydrogen) atoms. The normalized spacial score (nSPS) is 18.4. The minimum atomic E-state index is 0.334. The van der Waals surface area contributed by atoms with Crippen LogP contribution in [0.15, 0.2) is 18.2 Å². The van der Waals surface area contributed by atoms with Gasteiger partial charge < -0.3 is 5.32 Å². The van der Waals surface area contributed by atoms with E-state index in [0.717, 1.165) is 48.2 Å². The number of nitrogens with zero attached hydrogens (tertiary/aromatic N) is 1. The molecule has 0 saturated carbocycles. The molecule has 112 valence electrons. The Morgan fingerprint density at radius 1 is 1.10 bits per heavy atom. The third-order valence-electron chi connectivity index (χ3n) is 3.94. The number of hydrogen-bond acceptors (Lipinski definition) is 2. The Morgan fingerprint density at radius 2 is 1.70 bits per heavy atom. The Balaban J connectivity index is 2.24.